The molecule has 0 amide bonds. The number of carboxylic acid groups (broad SMARTS) is 2. The molecule has 28 heavy (non-hydrogen) atoms. The highest BCUT2D eigenvalue weighted by atomic mass is 16.6. The SMILES string of the molecule is C=C(C(=O)O)C(CC(=O)OCCOCCCCCC)(C(=O)O)c1ccccc1. The molecule has 0 radical (unpaired) electrons. The summed E-state index contributed by atoms with van der Waals surface area (Å²) in [5.74, 6) is -3.80. The number of hydrogen-bond acceptors (Lipinski definition) is 5. The average molecular weight is 392 g/mol. The van der Waals surface area contributed by atoms with Gasteiger partial charge < -0.3 is 19.7 Å². The van der Waals surface area contributed by atoms with Crippen molar-refractivity contribution in [3.05, 3.63) is 48.0 Å². The van der Waals surface area contributed by atoms with E-state index in [1.807, 2.05) is 0 Å². The molecule has 1 aromatic rings. The van der Waals surface area contributed by atoms with Gasteiger partial charge in [0.2, 0.25) is 0 Å². The van der Waals surface area contributed by atoms with Gasteiger partial charge in [0.05, 0.1) is 18.6 Å². The van der Waals surface area contributed by atoms with Crippen LogP contribution in [-0.2, 0) is 29.3 Å². The lowest BCUT2D eigenvalue weighted by Crippen LogP contribution is -2.42. The van der Waals surface area contributed by atoms with Crippen molar-refractivity contribution in [3.8, 4) is 0 Å². The highest BCUT2D eigenvalue weighted by molar-refractivity contribution is 6.02. The molecule has 0 aliphatic heterocycles. The van der Waals surface area contributed by atoms with E-state index in [1.165, 1.54) is 12.1 Å². The third-order valence-corrected chi connectivity index (χ3v) is 4.45. The summed E-state index contributed by atoms with van der Waals surface area (Å²) in [7, 11) is 0. The molecule has 154 valence electrons. The first kappa shape index (κ1) is 23.4. The molecule has 0 bridgehead atoms. The van der Waals surface area contributed by atoms with E-state index in [-0.39, 0.29) is 18.8 Å². The monoisotopic (exact) mass is 392 g/mol. The van der Waals surface area contributed by atoms with Gasteiger partial charge in [0.25, 0.3) is 0 Å². The number of ether oxygens (including phenoxy) is 2. The fourth-order valence-electron chi connectivity index (χ4n) is 2.83. The molecule has 7 heteroatoms. The first-order chi connectivity index (χ1) is 13.4. The van der Waals surface area contributed by atoms with Crippen molar-refractivity contribution >= 4 is 17.9 Å². The summed E-state index contributed by atoms with van der Waals surface area (Å²) in [6.45, 7) is 6.26. The second kappa shape index (κ2) is 11.9. The Morgan fingerprint density at radius 1 is 1.00 bits per heavy atom. The number of aliphatic carboxylic acids is 2. The summed E-state index contributed by atoms with van der Waals surface area (Å²) >= 11 is 0. The lowest BCUT2D eigenvalue weighted by atomic mass is 9.72. The van der Waals surface area contributed by atoms with E-state index in [9.17, 15) is 24.6 Å². The second-order valence-electron chi connectivity index (χ2n) is 6.43. The molecule has 1 unspecified atom stereocenters. The number of carbonyl (C=O) groups excluding carboxylic acids is 1. The van der Waals surface area contributed by atoms with Crippen molar-refractivity contribution in [2.24, 2.45) is 0 Å². The predicted octanol–water partition coefficient (Wildman–Crippen LogP) is 3.18. The van der Waals surface area contributed by atoms with E-state index < -0.39 is 35.3 Å². The number of hydrogen-bond donors (Lipinski definition) is 2. The minimum atomic E-state index is -2.11. The number of unbranched alkanes of at least 4 members (excludes halogenated alkanes) is 3. The Morgan fingerprint density at radius 2 is 1.68 bits per heavy atom. The summed E-state index contributed by atoms with van der Waals surface area (Å²) in [5, 5.41) is 19.1. The molecule has 0 saturated carbocycles. The second-order valence-corrected chi connectivity index (χ2v) is 6.43. The summed E-state index contributed by atoms with van der Waals surface area (Å²) < 4.78 is 10.4. The van der Waals surface area contributed by atoms with Gasteiger partial charge in [0.1, 0.15) is 12.0 Å². The van der Waals surface area contributed by atoms with Gasteiger partial charge in [-0.25, -0.2) is 4.79 Å². The van der Waals surface area contributed by atoms with Gasteiger partial charge in [0.15, 0.2) is 0 Å². The van der Waals surface area contributed by atoms with Crippen LogP contribution in [0.1, 0.15) is 44.6 Å². The zero-order chi connectivity index (χ0) is 21.0. The standard InChI is InChI=1S/C21H28O7/c1-3-4-5-9-12-27-13-14-28-18(22)15-21(20(25)26,16(2)19(23)24)17-10-7-6-8-11-17/h6-8,10-11H,2-5,9,12-15H2,1H3,(H,23,24)(H,25,26). The van der Waals surface area contributed by atoms with Crippen LogP contribution in [0.5, 0.6) is 0 Å². The molecule has 7 nitrogen and oxygen atoms in total. The zero-order valence-corrected chi connectivity index (χ0v) is 16.2. The Hall–Kier alpha value is -2.67. The van der Waals surface area contributed by atoms with Crippen LogP contribution in [0.2, 0.25) is 0 Å². The Labute approximate surface area is 165 Å². The van der Waals surface area contributed by atoms with E-state index in [4.69, 9.17) is 9.47 Å². The predicted molar refractivity (Wildman–Crippen MR) is 103 cm³/mol. The van der Waals surface area contributed by atoms with Crippen LogP contribution < -0.4 is 0 Å². The van der Waals surface area contributed by atoms with Gasteiger partial charge in [-0.15, -0.1) is 0 Å². The van der Waals surface area contributed by atoms with Crippen LogP contribution in [0, 0.1) is 0 Å². The molecule has 2 N–H and O–H groups in total. The maximum absolute atomic E-state index is 12.3. The van der Waals surface area contributed by atoms with Gasteiger partial charge in [-0.1, -0.05) is 63.1 Å². The van der Waals surface area contributed by atoms with Gasteiger partial charge in [0, 0.05) is 6.61 Å². The topological polar surface area (TPSA) is 110 Å². The first-order valence-electron chi connectivity index (χ1n) is 9.31. The van der Waals surface area contributed by atoms with Crippen molar-refractivity contribution in [2.45, 2.75) is 44.4 Å². The van der Waals surface area contributed by atoms with Crippen molar-refractivity contribution < 1.29 is 34.1 Å². The molecule has 1 rings (SSSR count). The van der Waals surface area contributed by atoms with Crippen LogP contribution in [0.15, 0.2) is 42.5 Å². The van der Waals surface area contributed by atoms with Gasteiger partial charge >= 0.3 is 17.9 Å². The zero-order valence-electron chi connectivity index (χ0n) is 16.2. The third kappa shape index (κ3) is 6.49. The number of carbonyl (C=O) groups is 3. The fraction of sp³-hybridized carbons (Fsp3) is 0.476. The van der Waals surface area contributed by atoms with Crippen LogP contribution in [-0.4, -0.2) is 47.9 Å². The minimum Gasteiger partial charge on any atom is -0.480 e. The fourth-order valence-corrected chi connectivity index (χ4v) is 2.83. The smallest absolute Gasteiger partial charge is 0.332 e. The van der Waals surface area contributed by atoms with Gasteiger partial charge in [-0.05, 0) is 12.0 Å². The molecule has 1 aromatic carbocycles. The lowest BCUT2D eigenvalue weighted by molar-refractivity contribution is -0.154. The van der Waals surface area contributed by atoms with Gasteiger partial charge in [-0.3, -0.25) is 9.59 Å². The van der Waals surface area contributed by atoms with Crippen LogP contribution in [0.3, 0.4) is 0 Å². The Kier molecular flexibility index (Phi) is 9.95. The van der Waals surface area contributed by atoms with Crippen molar-refractivity contribution in [1.29, 1.82) is 0 Å². The van der Waals surface area contributed by atoms with E-state index in [1.54, 1.807) is 18.2 Å². The molecule has 0 saturated heterocycles. The molecular weight excluding hydrogens is 364 g/mol. The Bertz CT molecular complexity index is 669. The highest BCUT2D eigenvalue weighted by Crippen LogP contribution is 2.36. The molecule has 0 heterocycles. The summed E-state index contributed by atoms with van der Waals surface area (Å²) in [4.78, 5) is 35.8. The van der Waals surface area contributed by atoms with Gasteiger partial charge in [-0.2, -0.15) is 0 Å². The normalized spacial score (nSPS) is 12.8. The maximum atomic E-state index is 12.3. The third-order valence-electron chi connectivity index (χ3n) is 4.45. The molecule has 0 aliphatic rings. The molecular formula is C21H28O7. The summed E-state index contributed by atoms with van der Waals surface area (Å²) in [6.07, 6.45) is 3.60. The molecule has 0 spiro atoms. The number of rotatable bonds is 14. The molecule has 0 aliphatic carbocycles. The van der Waals surface area contributed by atoms with Crippen molar-refractivity contribution in [3.63, 3.8) is 0 Å². The first-order valence-corrected chi connectivity index (χ1v) is 9.31. The number of carboxylic acids is 2. The van der Waals surface area contributed by atoms with Crippen molar-refractivity contribution in [2.75, 3.05) is 19.8 Å². The Balaban J connectivity index is 2.74. The minimum absolute atomic E-state index is 0.0311. The summed E-state index contributed by atoms with van der Waals surface area (Å²) in [5.41, 5.74) is -2.56. The molecule has 0 fully saturated rings. The van der Waals surface area contributed by atoms with Crippen LogP contribution >= 0.6 is 0 Å². The van der Waals surface area contributed by atoms with E-state index in [2.05, 4.69) is 13.5 Å². The number of esters is 1. The average Bonchev–Trinajstić information content (AvgIpc) is 2.68. The van der Waals surface area contributed by atoms with E-state index in [0.717, 1.165) is 25.7 Å². The highest BCUT2D eigenvalue weighted by Gasteiger charge is 2.48. The molecule has 1 atom stereocenters. The number of benzene rings is 1. The Morgan fingerprint density at radius 3 is 2.25 bits per heavy atom. The molecule has 0 aromatic heterocycles. The van der Waals surface area contributed by atoms with Crippen molar-refractivity contribution in [1.82, 2.24) is 0 Å². The summed E-state index contributed by atoms with van der Waals surface area (Å²) in [6, 6.07) is 7.71. The van der Waals surface area contributed by atoms with E-state index in [0.29, 0.717) is 6.61 Å². The maximum Gasteiger partial charge on any atom is 0.332 e. The quantitative estimate of drug-likeness (QED) is 0.284. The lowest BCUT2D eigenvalue weighted by Gasteiger charge is -2.29. The van der Waals surface area contributed by atoms with E-state index >= 15 is 0 Å². The largest absolute Gasteiger partial charge is 0.480 e. The van der Waals surface area contributed by atoms with Crippen LogP contribution in [0.4, 0.5) is 0 Å². The van der Waals surface area contributed by atoms with Crippen LogP contribution in [0.25, 0.3) is 0 Å².